The van der Waals surface area contributed by atoms with E-state index in [9.17, 15) is 9.59 Å². The van der Waals surface area contributed by atoms with Crippen molar-refractivity contribution >= 4 is 22.8 Å². The first-order chi connectivity index (χ1) is 11.1. The van der Waals surface area contributed by atoms with Crippen molar-refractivity contribution < 1.29 is 9.59 Å². The molecule has 0 bridgehead atoms. The highest BCUT2D eigenvalue weighted by atomic mass is 32.2. The van der Waals surface area contributed by atoms with E-state index in [0.29, 0.717) is 12.5 Å². The zero-order valence-electron chi connectivity index (χ0n) is 13.6. The van der Waals surface area contributed by atoms with Crippen molar-refractivity contribution in [3.63, 3.8) is 0 Å². The summed E-state index contributed by atoms with van der Waals surface area (Å²) in [6, 6.07) is 10.8. The van der Waals surface area contributed by atoms with Crippen molar-refractivity contribution in [2.24, 2.45) is 0 Å². The van der Waals surface area contributed by atoms with Gasteiger partial charge in [-0.25, -0.2) is 0 Å². The molecular formula is C18H24N2O2S. The standard InChI is InChI=1S/C18H24N2O2S/c1-14(21)23-17-10-18(22)20(13-17)16-8-5-9-19(12-16)11-15-6-3-2-4-7-15/h2-4,6-7,16-17H,5,8-13H2,1H3. The second kappa shape index (κ2) is 7.49. The number of piperidine rings is 1. The number of likely N-dealkylation sites (tertiary alicyclic amines) is 2. The van der Waals surface area contributed by atoms with Crippen molar-refractivity contribution in [1.29, 1.82) is 0 Å². The van der Waals surface area contributed by atoms with Crippen LogP contribution in [0.25, 0.3) is 0 Å². The van der Waals surface area contributed by atoms with Crippen LogP contribution in [0.3, 0.4) is 0 Å². The maximum atomic E-state index is 12.3. The minimum Gasteiger partial charge on any atom is -0.337 e. The van der Waals surface area contributed by atoms with E-state index < -0.39 is 0 Å². The number of hydrogen-bond donors (Lipinski definition) is 0. The molecule has 1 aromatic carbocycles. The Bertz CT molecular complexity index is 563. The van der Waals surface area contributed by atoms with Crippen molar-refractivity contribution in [2.75, 3.05) is 19.6 Å². The van der Waals surface area contributed by atoms with Gasteiger partial charge in [-0.2, -0.15) is 0 Å². The van der Waals surface area contributed by atoms with Gasteiger partial charge in [-0.05, 0) is 24.9 Å². The van der Waals surface area contributed by atoms with Gasteiger partial charge < -0.3 is 4.90 Å². The number of amides is 1. The van der Waals surface area contributed by atoms with Crippen molar-refractivity contribution in [1.82, 2.24) is 9.80 Å². The van der Waals surface area contributed by atoms with Gasteiger partial charge in [0.25, 0.3) is 0 Å². The SMILES string of the molecule is CC(=O)SC1CC(=O)N(C2CCCN(Cc3ccccc3)C2)C1. The van der Waals surface area contributed by atoms with Crippen LogP contribution < -0.4 is 0 Å². The highest BCUT2D eigenvalue weighted by Gasteiger charge is 2.36. The van der Waals surface area contributed by atoms with Gasteiger partial charge >= 0.3 is 0 Å². The van der Waals surface area contributed by atoms with E-state index in [0.717, 1.165) is 39.0 Å². The molecule has 5 heteroatoms. The lowest BCUT2D eigenvalue weighted by molar-refractivity contribution is -0.130. The Morgan fingerprint density at radius 1 is 1.26 bits per heavy atom. The molecule has 124 valence electrons. The van der Waals surface area contributed by atoms with Crippen LogP contribution in [0, 0.1) is 0 Å². The van der Waals surface area contributed by atoms with Crippen molar-refractivity contribution in [3.05, 3.63) is 35.9 Å². The summed E-state index contributed by atoms with van der Waals surface area (Å²) in [7, 11) is 0. The normalized spacial score (nSPS) is 25.8. The van der Waals surface area contributed by atoms with E-state index >= 15 is 0 Å². The van der Waals surface area contributed by atoms with E-state index in [1.807, 2.05) is 11.0 Å². The third-order valence-electron chi connectivity index (χ3n) is 4.63. The molecule has 1 amide bonds. The van der Waals surface area contributed by atoms with E-state index in [1.54, 1.807) is 6.92 Å². The first kappa shape index (κ1) is 16.5. The summed E-state index contributed by atoms with van der Waals surface area (Å²) in [6.45, 7) is 5.30. The third kappa shape index (κ3) is 4.36. The van der Waals surface area contributed by atoms with Crippen LogP contribution in [0.2, 0.25) is 0 Å². The Hall–Kier alpha value is -1.33. The molecule has 3 rings (SSSR count). The summed E-state index contributed by atoms with van der Waals surface area (Å²) >= 11 is 1.32. The molecule has 0 saturated carbocycles. The number of carbonyl (C=O) groups is 2. The Balaban J connectivity index is 1.58. The molecule has 23 heavy (non-hydrogen) atoms. The maximum absolute atomic E-state index is 12.3. The van der Waals surface area contributed by atoms with E-state index in [-0.39, 0.29) is 16.3 Å². The number of rotatable bonds is 4. The Kier molecular flexibility index (Phi) is 5.38. The van der Waals surface area contributed by atoms with Crippen LogP contribution in [-0.2, 0) is 16.1 Å². The van der Waals surface area contributed by atoms with Gasteiger partial charge in [-0.3, -0.25) is 14.5 Å². The van der Waals surface area contributed by atoms with Crippen molar-refractivity contribution in [2.45, 2.75) is 44.0 Å². The van der Waals surface area contributed by atoms with Crippen LogP contribution in [0.4, 0.5) is 0 Å². The van der Waals surface area contributed by atoms with Crippen LogP contribution >= 0.6 is 11.8 Å². The zero-order chi connectivity index (χ0) is 16.2. The fraction of sp³-hybridized carbons (Fsp3) is 0.556. The molecule has 2 saturated heterocycles. The second-order valence-corrected chi connectivity index (χ2v) is 7.98. The number of benzene rings is 1. The molecule has 0 N–H and O–H groups in total. The maximum Gasteiger partial charge on any atom is 0.224 e. The van der Waals surface area contributed by atoms with Crippen LogP contribution in [0.5, 0.6) is 0 Å². The van der Waals surface area contributed by atoms with Gasteiger partial charge in [0.05, 0.1) is 0 Å². The van der Waals surface area contributed by atoms with Gasteiger partial charge in [0, 0.05) is 44.3 Å². The van der Waals surface area contributed by atoms with E-state index in [4.69, 9.17) is 0 Å². The van der Waals surface area contributed by atoms with Gasteiger partial charge in [-0.1, -0.05) is 42.1 Å². The van der Waals surface area contributed by atoms with E-state index in [1.165, 1.54) is 17.3 Å². The highest BCUT2D eigenvalue weighted by molar-refractivity contribution is 8.14. The summed E-state index contributed by atoms with van der Waals surface area (Å²) in [5.41, 5.74) is 1.32. The van der Waals surface area contributed by atoms with Gasteiger partial charge in [0.15, 0.2) is 5.12 Å². The smallest absolute Gasteiger partial charge is 0.224 e. The van der Waals surface area contributed by atoms with Gasteiger partial charge in [0.1, 0.15) is 0 Å². The quantitative estimate of drug-likeness (QED) is 0.849. The number of hydrogen-bond acceptors (Lipinski definition) is 4. The van der Waals surface area contributed by atoms with Crippen LogP contribution in [0.15, 0.2) is 30.3 Å². The summed E-state index contributed by atoms with van der Waals surface area (Å²) in [4.78, 5) is 28.1. The fourth-order valence-electron chi connectivity index (χ4n) is 3.63. The molecule has 1 aromatic rings. The molecule has 2 fully saturated rings. The van der Waals surface area contributed by atoms with Gasteiger partial charge in [-0.15, -0.1) is 0 Å². The lowest BCUT2D eigenvalue weighted by Gasteiger charge is -2.37. The minimum absolute atomic E-state index is 0.110. The highest BCUT2D eigenvalue weighted by Crippen LogP contribution is 2.28. The lowest BCUT2D eigenvalue weighted by atomic mass is 10.0. The molecule has 2 atom stereocenters. The predicted molar refractivity (Wildman–Crippen MR) is 93.1 cm³/mol. The number of carbonyl (C=O) groups excluding carboxylic acids is 2. The van der Waals surface area contributed by atoms with Crippen LogP contribution in [0.1, 0.15) is 31.7 Å². The molecule has 4 nitrogen and oxygen atoms in total. The van der Waals surface area contributed by atoms with Crippen LogP contribution in [-0.4, -0.2) is 51.7 Å². The third-order valence-corrected chi connectivity index (χ3v) is 5.61. The Morgan fingerprint density at radius 3 is 2.78 bits per heavy atom. The second-order valence-electron chi connectivity index (χ2n) is 6.50. The fourth-order valence-corrected chi connectivity index (χ4v) is 4.57. The first-order valence-electron chi connectivity index (χ1n) is 8.35. The average Bonchev–Trinajstić information content (AvgIpc) is 2.88. The largest absolute Gasteiger partial charge is 0.337 e. The molecule has 2 unspecified atom stereocenters. The molecule has 0 spiro atoms. The van der Waals surface area contributed by atoms with Gasteiger partial charge in [0.2, 0.25) is 5.91 Å². The molecular weight excluding hydrogens is 308 g/mol. The summed E-state index contributed by atoms with van der Waals surface area (Å²) in [6.07, 6.45) is 2.72. The zero-order valence-corrected chi connectivity index (χ0v) is 14.4. The number of thioether (sulfide) groups is 1. The lowest BCUT2D eigenvalue weighted by Crippen LogP contribution is -2.48. The summed E-state index contributed by atoms with van der Waals surface area (Å²) in [5, 5.41) is 0.253. The minimum atomic E-state index is 0.110. The Labute approximate surface area is 142 Å². The Morgan fingerprint density at radius 2 is 2.04 bits per heavy atom. The molecule has 2 aliphatic rings. The molecule has 0 radical (unpaired) electrons. The summed E-state index contributed by atoms with van der Waals surface area (Å²) < 4.78 is 0. The number of nitrogens with zero attached hydrogens (tertiary/aromatic N) is 2. The molecule has 0 aromatic heterocycles. The average molecular weight is 332 g/mol. The molecule has 2 aliphatic heterocycles. The predicted octanol–water partition coefficient (Wildman–Crippen LogP) is 2.53. The first-order valence-corrected chi connectivity index (χ1v) is 9.23. The van der Waals surface area contributed by atoms with E-state index in [2.05, 4.69) is 29.2 Å². The topological polar surface area (TPSA) is 40.6 Å². The molecule has 0 aliphatic carbocycles. The molecule has 2 heterocycles. The monoisotopic (exact) mass is 332 g/mol. The summed E-state index contributed by atoms with van der Waals surface area (Å²) in [5.74, 6) is 0.218. The van der Waals surface area contributed by atoms with Crippen molar-refractivity contribution in [3.8, 4) is 0 Å².